The van der Waals surface area contributed by atoms with Crippen molar-refractivity contribution < 1.29 is 13.2 Å². The lowest BCUT2D eigenvalue weighted by Gasteiger charge is -2.60. The van der Waals surface area contributed by atoms with Crippen LogP contribution in [0.15, 0.2) is 36.7 Å². The Kier molecular flexibility index (Phi) is 4.32. The zero-order chi connectivity index (χ0) is 24.0. The molecule has 0 amide bonds. The molecule has 0 unspecified atom stereocenters. The summed E-state index contributed by atoms with van der Waals surface area (Å²) in [4.78, 5) is 14.5. The normalized spacial score (nSPS) is 22.2. The lowest BCUT2D eigenvalue weighted by atomic mass is 9.73. The average Bonchev–Trinajstić information content (AvgIpc) is 3.52. The van der Waals surface area contributed by atoms with Crippen molar-refractivity contribution in [3.05, 3.63) is 53.1 Å². The highest BCUT2D eigenvalue weighted by Gasteiger charge is 2.67. The summed E-state index contributed by atoms with van der Waals surface area (Å²) in [5, 5.41) is 9.31. The molecule has 0 radical (unpaired) electrons. The van der Waals surface area contributed by atoms with Gasteiger partial charge in [-0.3, -0.25) is 9.47 Å². The molecule has 3 fully saturated rings. The minimum atomic E-state index is -4.30. The number of benzene rings is 1. The highest BCUT2D eigenvalue weighted by atomic mass is 35.5. The van der Waals surface area contributed by atoms with Crippen LogP contribution < -0.4 is 9.80 Å². The van der Waals surface area contributed by atoms with Gasteiger partial charge in [-0.2, -0.15) is 13.2 Å². The first-order valence-electron chi connectivity index (χ1n) is 11.6. The van der Waals surface area contributed by atoms with Gasteiger partial charge >= 0.3 is 6.18 Å². The maximum Gasteiger partial charge on any atom is 0.406 e. The van der Waals surface area contributed by atoms with Crippen LogP contribution in [0, 0.1) is 5.41 Å². The SMILES string of the molecule is FC(F)(F)C1(N2Cc3cc(Cl)ccc3-n3c(nnc3N3CC4(CN(c5ncccn5)C4)C3)C2)CC1. The smallest absolute Gasteiger partial charge is 0.339 e. The van der Waals surface area contributed by atoms with Gasteiger partial charge in [-0.15, -0.1) is 10.2 Å². The molecule has 12 heteroatoms. The summed E-state index contributed by atoms with van der Waals surface area (Å²) < 4.78 is 43.9. The minimum Gasteiger partial charge on any atom is -0.339 e. The largest absolute Gasteiger partial charge is 0.406 e. The number of rotatable bonds is 3. The number of nitrogens with zero attached hydrogens (tertiary/aromatic N) is 8. The Morgan fingerprint density at radius 2 is 1.63 bits per heavy atom. The van der Waals surface area contributed by atoms with E-state index in [2.05, 4.69) is 30.0 Å². The van der Waals surface area contributed by atoms with Gasteiger partial charge in [0, 0.05) is 55.6 Å². The van der Waals surface area contributed by atoms with Crippen molar-refractivity contribution in [2.45, 2.75) is 37.6 Å². The van der Waals surface area contributed by atoms with E-state index in [4.69, 9.17) is 11.6 Å². The van der Waals surface area contributed by atoms with Gasteiger partial charge in [-0.05, 0) is 42.7 Å². The second-order valence-electron chi connectivity index (χ2n) is 10.2. The molecular weight excluding hydrogens is 481 g/mol. The number of hydrogen-bond donors (Lipinski definition) is 0. The van der Waals surface area contributed by atoms with Crippen LogP contribution in [0.25, 0.3) is 5.69 Å². The van der Waals surface area contributed by atoms with Crippen LogP contribution in [0.3, 0.4) is 0 Å². The van der Waals surface area contributed by atoms with E-state index in [1.165, 1.54) is 4.90 Å². The molecule has 1 saturated carbocycles. The molecule has 1 aliphatic carbocycles. The van der Waals surface area contributed by atoms with Crippen molar-refractivity contribution in [3.63, 3.8) is 0 Å². The second-order valence-corrected chi connectivity index (χ2v) is 10.6. The van der Waals surface area contributed by atoms with E-state index in [1.807, 2.05) is 10.6 Å². The third-order valence-corrected chi connectivity index (χ3v) is 8.00. The summed E-state index contributed by atoms with van der Waals surface area (Å²) in [5.74, 6) is 1.92. The van der Waals surface area contributed by atoms with E-state index < -0.39 is 11.7 Å². The fraction of sp³-hybridized carbons (Fsp3) is 0.478. The molecule has 1 aromatic carbocycles. The number of fused-ring (bicyclic) bond motifs is 3. The summed E-state index contributed by atoms with van der Waals surface area (Å²) in [6, 6.07) is 7.18. The summed E-state index contributed by atoms with van der Waals surface area (Å²) in [7, 11) is 0. The molecule has 35 heavy (non-hydrogen) atoms. The average molecular weight is 503 g/mol. The van der Waals surface area contributed by atoms with Crippen molar-refractivity contribution >= 4 is 23.5 Å². The highest BCUT2D eigenvalue weighted by molar-refractivity contribution is 6.30. The Bertz CT molecular complexity index is 1290. The summed E-state index contributed by atoms with van der Waals surface area (Å²) in [5.41, 5.74) is -0.124. The van der Waals surface area contributed by atoms with Crippen molar-refractivity contribution in [1.82, 2.24) is 29.6 Å². The Balaban J connectivity index is 1.18. The van der Waals surface area contributed by atoms with Gasteiger partial charge in [-0.1, -0.05) is 11.6 Å². The van der Waals surface area contributed by atoms with Crippen LogP contribution in [-0.2, 0) is 13.1 Å². The molecule has 2 saturated heterocycles. The quantitative estimate of drug-likeness (QED) is 0.543. The topological polar surface area (TPSA) is 66.2 Å². The van der Waals surface area contributed by atoms with Gasteiger partial charge in [-0.25, -0.2) is 9.97 Å². The zero-order valence-electron chi connectivity index (χ0n) is 18.7. The molecule has 8 nitrogen and oxygen atoms in total. The van der Waals surface area contributed by atoms with Gasteiger partial charge in [0.2, 0.25) is 11.9 Å². The van der Waals surface area contributed by atoms with Crippen LogP contribution in [0.4, 0.5) is 25.1 Å². The predicted octanol–water partition coefficient (Wildman–Crippen LogP) is 3.45. The van der Waals surface area contributed by atoms with E-state index in [1.54, 1.807) is 30.6 Å². The summed E-state index contributed by atoms with van der Waals surface area (Å²) in [6.07, 6.45) is -0.619. The van der Waals surface area contributed by atoms with Crippen molar-refractivity contribution in [1.29, 1.82) is 0 Å². The summed E-state index contributed by atoms with van der Waals surface area (Å²) >= 11 is 6.26. The first kappa shape index (κ1) is 21.4. The van der Waals surface area contributed by atoms with Crippen molar-refractivity contribution in [3.8, 4) is 5.69 Å². The van der Waals surface area contributed by atoms with Gasteiger partial charge in [0.05, 0.1) is 12.2 Å². The molecule has 3 aliphatic heterocycles. The first-order chi connectivity index (χ1) is 16.8. The zero-order valence-corrected chi connectivity index (χ0v) is 19.5. The van der Waals surface area contributed by atoms with Gasteiger partial charge in [0.1, 0.15) is 5.54 Å². The molecule has 182 valence electrons. The Morgan fingerprint density at radius 1 is 0.914 bits per heavy atom. The maximum absolute atomic E-state index is 14.0. The molecule has 0 N–H and O–H groups in total. The van der Waals surface area contributed by atoms with Crippen molar-refractivity contribution in [2.75, 3.05) is 36.0 Å². The molecule has 4 aliphatic rings. The first-order valence-corrected chi connectivity index (χ1v) is 12.0. The number of anilines is 2. The van der Waals surface area contributed by atoms with E-state index >= 15 is 0 Å². The van der Waals surface area contributed by atoms with Crippen molar-refractivity contribution in [2.24, 2.45) is 5.41 Å². The van der Waals surface area contributed by atoms with Crippen LogP contribution in [-0.4, -0.2) is 67.5 Å². The molecule has 7 rings (SSSR count). The Labute approximate surface area is 204 Å². The van der Waals surface area contributed by atoms with Crippen LogP contribution >= 0.6 is 11.6 Å². The highest BCUT2D eigenvalue weighted by Crippen LogP contribution is 2.55. The number of halogens is 4. The standard InChI is InChI=1S/C23H22ClF3N8/c24-16-2-3-17-15(8-16)9-34(22(4-5-22)23(25,26)27)10-18-30-31-20(35(17)18)33-13-21(14-33)11-32(12-21)19-28-6-1-7-29-19/h1-3,6-8H,4-5,9-14H2. The minimum absolute atomic E-state index is 0.0803. The van der Waals surface area contributed by atoms with Crippen LogP contribution in [0.5, 0.6) is 0 Å². The maximum atomic E-state index is 14.0. The van der Waals surface area contributed by atoms with E-state index in [0.29, 0.717) is 16.8 Å². The number of alkyl halides is 3. The van der Waals surface area contributed by atoms with E-state index in [0.717, 1.165) is 43.4 Å². The van der Waals surface area contributed by atoms with Gasteiger partial charge in [0.25, 0.3) is 0 Å². The van der Waals surface area contributed by atoms with Crippen LogP contribution in [0.2, 0.25) is 5.02 Å². The lowest BCUT2D eigenvalue weighted by Crippen LogP contribution is -2.73. The fourth-order valence-electron chi connectivity index (χ4n) is 5.86. The molecule has 1 spiro atoms. The van der Waals surface area contributed by atoms with Gasteiger partial charge < -0.3 is 9.80 Å². The third kappa shape index (κ3) is 3.17. The monoisotopic (exact) mass is 502 g/mol. The predicted molar refractivity (Wildman–Crippen MR) is 123 cm³/mol. The Morgan fingerprint density at radius 3 is 2.31 bits per heavy atom. The van der Waals surface area contributed by atoms with E-state index in [9.17, 15) is 13.2 Å². The number of aromatic nitrogens is 5. The molecule has 5 heterocycles. The molecular formula is C23H22ClF3N8. The second kappa shape index (κ2) is 7.07. The molecule has 2 aromatic heterocycles. The van der Waals surface area contributed by atoms with Gasteiger partial charge in [0.15, 0.2) is 5.82 Å². The third-order valence-electron chi connectivity index (χ3n) is 7.77. The molecule has 0 atom stereocenters. The molecule has 0 bridgehead atoms. The fourth-order valence-corrected chi connectivity index (χ4v) is 6.05. The van der Waals surface area contributed by atoms with E-state index in [-0.39, 0.29) is 31.3 Å². The Hall–Kier alpha value is -2.92. The number of hydrogen-bond acceptors (Lipinski definition) is 7. The lowest BCUT2D eigenvalue weighted by molar-refractivity contribution is -0.200. The summed E-state index contributed by atoms with van der Waals surface area (Å²) in [6.45, 7) is 3.57. The molecule has 3 aromatic rings. The van der Waals surface area contributed by atoms with Crippen LogP contribution in [0.1, 0.15) is 24.2 Å².